The molecule has 1 aliphatic carbocycles. The molecule has 0 fully saturated rings. The predicted molar refractivity (Wildman–Crippen MR) is 59.2 cm³/mol. The number of hydrogen-bond acceptors (Lipinski definition) is 3. The van der Waals surface area contributed by atoms with E-state index in [9.17, 15) is 9.59 Å². The van der Waals surface area contributed by atoms with E-state index in [0.29, 0.717) is 16.8 Å². The second-order valence-corrected chi connectivity index (χ2v) is 3.55. The van der Waals surface area contributed by atoms with Gasteiger partial charge in [0.25, 0.3) is 0 Å². The van der Waals surface area contributed by atoms with Crippen LogP contribution in [0.5, 0.6) is 0 Å². The maximum absolute atomic E-state index is 11.2. The molecule has 2 rings (SSSR count). The van der Waals surface area contributed by atoms with Gasteiger partial charge in [-0.15, -0.1) is 0 Å². The van der Waals surface area contributed by atoms with Crippen LogP contribution in [-0.2, 0) is 0 Å². The molecule has 0 atom stereocenters. The van der Waals surface area contributed by atoms with Gasteiger partial charge in [-0.25, -0.2) is 4.79 Å². The van der Waals surface area contributed by atoms with E-state index in [2.05, 4.69) is 0 Å². The van der Waals surface area contributed by atoms with Gasteiger partial charge in [0.1, 0.15) is 0 Å². The highest BCUT2D eigenvalue weighted by atomic mass is 16.4. The smallest absolute Gasteiger partial charge is 0.338 e. The van der Waals surface area contributed by atoms with Crippen molar-refractivity contribution >= 4 is 5.97 Å². The Bertz CT molecular complexity index is 601. The lowest BCUT2D eigenvalue weighted by Gasteiger charge is -2.15. The first-order valence-electron chi connectivity index (χ1n) is 4.65. The molecule has 0 spiro atoms. The molecular formula is C11H10N2O3. The van der Waals surface area contributed by atoms with Crippen LogP contribution in [0.25, 0.3) is 11.1 Å². The summed E-state index contributed by atoms with van der Waals surface area (Å²) < 4.78 is 1.25. The third kappa shape index (κ3) is 1.42. The molecule has 0 amide bonds. The first-order valence-corrected chi connectivity index (χ1v) is 4.65. The molecule has 2 aliphatic rings. The van der Waals surface area contributed by atoms with Crippen LogP contribution in [0.2, 0.25) is 0 Å². The van der Waals surface area contributed by atoms with Crippen molar-refractivity contribution in [3.63, 3.8) is 0 Å². The van der Waals surface area contributed by atoms with Gasteiger partial charge in [-0.3, -0.25) is 9.47 Å². The molecule has 0 saturated heterocycles. The van der Waals surface area contributed by atoms with Crippen LogP contribution < -0.4 is 11.3 Å². The van der Waals surface area contributed by atoms with Gasteiger partial charge >= 0.3 is 5.97 Å². The lowest BCUT2D eigenvalue weighted by atomic mass is 9.98. The fourth-order valence-corrected chi connectivity index (χ4v) is 1.71. The Morgan fingerprint density at radius 3 is 2.75 bits per heavy atom. The summed E-state index contributed by atoms with van der Waals surface area (Å²) in [5, 5.41) is 9.11. The molecule has 0 aromatic carbocycles. The topological polar surface area (TPSA) is 85.3 Å². The number of rotatable bonds is 1. The van der Waals surface area contributed by atoms with Crippen molar-refractivity contribution < 1.29 is 9.90 Å². The summed E-state index contributed by atoms with van der Waals surface area (Å²) in [5.74, 6) is 4.55. The quantitative estimate of drug-likeness (QED) is 0.689. The van der Waals surface area contributed by atoms with E-state index in [-0.39, 0.29) is 11.0 Å². The van der Waals surface area contributed by atoms with Gasteiger partial charge in [-0.2, -0.15) is 0 Å². The Balaban J connectivity index is 2.96. The Morgan fingerprint density at radius 1 is 1.44 bits per heavy atom. The molecule has 0 unspecified atom stereocenters. The Kier molecular flexibility index (Phi) is 2.16. The summed E-state index contributed by atoms with van der Waals surface area (Å²) in [7, 11) is 0. The third-order valence-corrected chi connectivity index (χ3v) is 2.54. The first kappa shape index (κ1) is 10.2. The Morgan fingerprint density at radius 2 is 2.12 bits per heavy atom. The molecule has 0 bridgehead atoms. The molecule has 0 aromatic heterocycles. The summed E-state index contributed by atoms with van der Waals surface area (Å²) in [4.78, 5) is 22.4. The zero-order chi connectivity index (χ0) is 11.9. The average Bonchev–Trinajstić information content (AvgIpc) is 2.20. The van der Waals surface area contributed by atoms with Crippen molar-refractivity contribution in [3.05, 3.63) is 45.9 Å². The zero-order valence-electron chi connectivity index (χ0n) is 8.60. The molecule has 1 aliphatic heterocycles. The normalized spacial score (nSPS) is 10.6. The first-order chi connectivity index (χ1) is 7.50. The van der Waals surface area contributed by atoms with E-state index in [1.165, 1.54) is 16.8 Å². The third-order valence-electron chi connectivity index (χ3n) is 2.54. The van der Waals surface area contributed by atoms with Crippen LogP contribution in [0.1, 0.15) is 16.1 Å². The van der Waals surface area contributed by atoms with Gasteiger partial charge in [-0.05, 0) is 25.1 Å². The fourth-order valence-electron chi connectivity index (χ4n) is 1.71. The van der Waals surface area contributed by atoms with Crippen molar-refractivity contribution in [2.45, 2.75) is 6.92 Å². The maximum atomic E-state index is 11.2. The van der Waals surface area contributed by atoms with Crippen molar-refractivity contribution in [2.24, 2.45) is 0 Å². The number of carboxylic acids is 1. The van der Waals surface area contributed by atoms with Crippen molar-refractivity contribution in [1.29, 1.82) is 0 Å². The molecule has 82 valence electrons. The Hall–Kier alpha value is -2.30. The molecule has 0 aromatic rings. The number of carbonyl (C=O) groups is 1. The molecule has 5 nitrogen and oxygen atoms in total. The summed E-state index contributed by atoms with van der Waals surface area (Å²) in [6.07, 6.45) is 1.59. The van der Waals surface area contributed by atoms with Crippen molar-refractivity contribution in [2.75, 3.05) is 5.84 Å². The molecule has 16 heavy (non-hydrogen) atoms. The summed E-state index contributed by atoms with van der Waals surface area (Å²) >= 11 is 0. The average molecular weight is 218 g/mol. The number of nitrogen functional groups attached to an aromatic ring is 1. The van der Waals surface area contributed by atoms with Crippen LogP contribution in [0, 0.1) is 6.92 Å². The number of aromatic carboxylic acids is 1. The minimum absolute atomic E-state index is 0.0673. The largest absolute Gasteiger partial charge is 0.478 e. The minimum Gasteiger partial charge on any atom is -0.478 e. The lowest BCUT2D eigenvalue weighted by Crippen LogP contribution is -2.19. The van der Waals surface area contributed by atoms with E-state index in [1.807, 2.05) is 0 Å². The number of fused-ring (bicyclic) bond motifs is 1. The predicted octanol–water partition coefficient (Wildman–Crippen LogP) is 0.674. The summed E-state index contributed by atoms with van der Waals surface area (Å²) in [6, 6.07) is 4.25. The summed E-state index contributed by atoms with van der Waals surface area (Å²) in [6.45, 7) is 1.60. The van der Waals surface area contributed by atoms with Crippen LogP contribution in [0.15, 0.2) is 29.2 Å². The van der Waals surface area contributed by atoms with Gasteiger partial charge < -0.3 is 10.9 Å². The van der Waals surface area contributed by atoms with Crippen LogP contribution >= 0.6 is 0 Å². The minimum atomic E-state index is -1.09. The van der Waals surface area contributed by atoms with Crippen LogP contribution in [0.3, 0.4) is 0 Å². The fraction of sp³-hybridized carbons (Fsp3) is 0.0909. The highest BCUT2D eigenvalue weighted by Crippen LogP contribution is 2.25. The lowest BCUT2D eigenvalue weighted by molar-refractivity contribution is 0.0696. The van der Waals surface area contributed by atoms with Gasteiger partial charge in [0, 0.05) is 17.3 Å². The second-order valence-electron chi connectivity index (χ2n) is 3.55. The van der Waals surface area contributed by atoms with E-state index in [0.717, 1.165) is 0 Å². The second kappa shape index (κ2) is 3.37. The molecular weight excluding hydrogens is 208 g/mol. The monoisotopic (exact) mass is 218 g/mol. The number of benzene rings is 1. The van der Waals surface area contributed by atoms with Crippen molar-refractivity contribution in [3.8, 4) is 11.1 Å². The van der Waals surface area contributed by atoms with Gasteiger partial charge in [0.05, 0.1) is 11.3 Å². The van der Waals surface area contributed by atoms with E-state index in [1.54, 1.807) is 19.2 Å². The number of carboxylic acid groups (broad SMARTS) is 1. The van der Waals surface area contributed by atoms with Crippen LogP contribution in [-0.4, -0.2) is 15.8 Å². The number of pyridine rings is 1. The van der Waals surface area contributed by atoms with Gasteiger partial charge in [-0.1, -0.05) is 0 Å². The standard InChI is InChI=1S/C11H10N2O3/c1-6-10(11(15)16)9-4-8(14)3-2-7(9)5-13(6)12/h2-5H,12H2,1H3,(H,15,16). The molecule has 5 heteroatoms. The highest BCUT2D eigenvalue weighted by Gasteiger charge is 2.18. The number of hydrogen-bond donors (Lipinski definition) is 2. The Labute approximate surface area is 91.1 Å². The molecule has 3 N–H and O–H groups in total. The van der Waals surface area contributed by atoms with E-state index < -0.39 is 5.97 Å². The highest BCUT2D eigenvalue weighted by molar-refractivity contribution is 5.97. The van der Waals surface area contributed by atoms with Crippen LogP contribution in [0.4, 0.5) is 0 Å². The van der Waals surface area contributed by atoms with Gasteiger partial charge in [0.2, 0.25) is 0 Å². The molecule has 0 saturated carbocycles. The zero-order valence-corrected chi connectivity index (χ0v) is 8.60. The number of nitrogens with zero attached hydrogens (tertiary/aromatic N) is 1. The van der Waals surface area contributed by atoms with Crippen molar-refractivity contribution in [1.82, 2.24) is 4.68 Å². The van der Waals surface area contributed by atoms with E-state index in [4.69, 9.17) is 10.9 Å². The molecule has 1 heterocycles. The summed E-state index contributed by atoms with van der Waals surface area (Å²) in [5.41, 5.74) is 1.30. The van der Waals surface area contributed by atoms with E-state index >= 15 is 0 Å². The van der Waals surface area contributed by atoms with Gasteiger partial charge in [0.15, 0.2) is 5.43 Å². The maximum Gasteiger partial charge on any atom is 0.338 e. The SMILES string of the molecule is Cc1c(C(=O)O)c2cc(=O)ccc-2cn1N. The molecule has 0 radical (unpaired) electrons. The number of aromatic nitrogens is 1. The number of nitrogens with two attached hydrogens (primary N) is 1.